The first-order valence-electron chi connectivity index (χ1n) is 6.35. The molecule has 0 bridgehead atoms. The molecular weight excluding hydrogens is 311 g/mol. The number of carbonyl (C=O) groups is 1. The molecule has 21 heavy (non-hydrogen) atoms. The van der Waals surface area contributed by atoms with Gasteiger partial charge >= 0.3 is 6.03 Å². The number of rotatable bonds is 4. The second-order valence-electron chi connectivity index (χ2n) is 4.14. The number of anilines is 2. The Morgan fingerprint density at radius 2 is 1.81 bits per heavy atom. The van der Waals surface area contributed by atoms with Crippen LogP contribution >= 0.6 is 23.2 Å². The summed E-state index contributed by atoms with van der Waals surface area (Å²) < 4.78 is 5.33. The maximum absolute atomic E-state index is 11.9. The predicted molar refractivity (Wildman–Crippen MR) is 86.7 cm³/mol. The lowest BCUT2D eigenvalue weighted by Crippen LogP contribution is -2.19. The van der Waals surface area contributed by atoms with Gasteiger partial charge in [0.05, 0.1) is 22.3 Å². The van der Waals surface area contributed by atoms with Crippen LogP contribution in [0.2, 0.25) is 10.0 Å². The molecule has 0 unspecified atom stereocenters. The number of ether oxygens (including phenoxy) is 1. The molecule has 4 nitrogen and oxygen atoms in total. The fourth-order valence-electron chi connectivity index (χ4n) is 1.69. The third kappa shape index (κ3) is 4.28. The van der Waals surface area contributed by atoms with Gasteiger partial charge in [-0.25, -0.2) is 4.79 Å². The molecule has 0 aliphatic carbocycles. The van der Waals surface area contributed by atoms with Crippen molar-refractivity contribution in [1.29, 1.82) is 0 Å². The summed E-state index contributed by atoms with van der Waals surface area (Å²) in [5, 5.41) is 6.03. The Bertz CT molecular complexity index is 630. The first-order chi connectivity index (χ1) is 10.1. The van der Waals surface area contributed by atoms with Crippen molar-refractivity contribution in [2.75, 3.05) is 17.2 Å². The topological polar surface area (TPSA) is 50.4 Å². The maximum atomic E-state index is 11.9. The van der Waals surface area contributed by atoms with E-state index in [1.807, 2.05) is 6.92 Å². The molecule has 110 valence electrons. The third-order valence-corrected chi connectivity index (χ3v) is 3.44. The average Bonchev–Trinajstić information content (AvgIpc) is 2.46. The Labute approximate surface area is 133 Å². The molecule has 0 fully saturated rings. The van der Waals surface area contributed by atoms with Crippen LogP contribution in [-0.4, -0.2) is 12.6 Å². The normalized spacial score (nSPS) is 10.0. The number of amides is 2. The molecule has 0 aromatic heterocycles. The van der Waals surface area contributed by atoms with Gasteiger partial charge in [0.15, 0.2) is 0 Å². The lowest BCUT2D eigenvalue weighted by Gasteiger charge is -2.10. The van der Waals surface area contributed by atoms with Crippen molar-refractivity contribution < 1.29 is 9.53 Å². The summed E-state index contributed by atoms with van der Waals surface area (Å²) in [6, 6.07) is 11.7. The predicted octanol–water partition coefficient (Wildman–Crippen LogP) is 5.04. The first kappa shape index (κ1) is 15.5. The highest BCUT2D eigenvalue weighted by molar-refractivity contribution is 6.44. The van der Waals surface area contributed by atoms with Crippen molar-refractivity contribution in [2.45, 2.75) is 6.92 Å². The SMILES string of the molecule is CCOc1ccc(NC(=O)Nc2cccc(Cl)c2Cl)cc1. The van der Waals surface area contributed by atoms with Crippen LogP contribution in [0.15, 0.2) is 42.5 Å². The van der Waals surface area contributed by atoms with Crippen LogP contribution in [0.25, 0.3) is 0 Å². The minimum absolute atomic E-state index is 0.306. The van der Waals surface area contributed by atoms with E-state index in [-0.39, 0.29) is 0 Å². The maximum Gasteiger partial charge on any atom is 0.323 e. The number of benzene rings is 2. The Morgan fingerprint density at radius 1 is 1.10 bits per heavy atom. The summed E-state index contributed by atoms with van der Waals surface area (Å²) in [5.74, 6) is 0.751. The summed E-state index contributed by atoms with van der Waals surface area (Å²) >= 11 is 11.9. The summed E-state index contributed by atoms with van der Waals surface area (Å²) in [5.41, 5.74) is 1.10. The van der Waals surface area contributed by atoms with E-state index in [0.717, 1.165) is 5.75 Å². The van der Waals surface area contributed by atoms with E-state index in [0.29, 0.717) is 28.0 Å². The Hall–Kier alpha value is -1.91. The van der Waals surface area contributed by atoms with E-state index in [1.165, 1.54) is 0 Å². The van der Waals surface area contributed by atoms with Gasteiger partial charge in [0.25, 0.3) is 0 Å². The molecule has 0 aliphatic heterocycles. The van der Waals surface area contributed by atoms with Crippen LogP contribution in [-0.2, 0) is 0 Å². The number of carbonyl (C=O) groups excluding carboxylic acids is 1. The van der Waals surface area contributed by atoms with Gasteiger partial charge in [-0.15, -0.1) is 0 Å². The molecule has 0 saturated carbocycles. The highest BCUT2D eigenvalue weighted by atomic mass is 35.5. The van der Waals surface area contributed by atoms with Crippen LogP contribution in [0.4, 0.5) is 16.2 Å². The third-order valence-electron chi connectivity index (χ3n) is 2.62. The van der Waals surface area contributed by atoms with E-state index in [4.69, 9.17) is 27.9 Å². The first-order valence-corrected chi connectivity index (χ1v) is 7.10. The zero-order valence-electron chi connectivity index (χ0n) is 11.3. The molecule has 2 aromatic carbocycles. The molecule has 0 aliphatic rings. The van der Waals surface area contributed by atoms with E-state index in [1.54, 1.807) is 42.5 Å². The van der Waals surface area contributed by atoms with Gasteiger partial charge in [-0.3, -0.25) is 0 Å². The van der Waals surface area contributed by atoms with Crippen molar-refractivity contribution in [1.82, 2.24) is 0 Å². The van der Waals surface area contributed by atoms with Gasteiger partial charge < -0.3 is 15.4 Å². The number of halogens is 2. The van der Waals surface area contributed by atoms with Crippen LogP contribution in [0, 0.1) is 0 Å². The lowest BCUT2D eigenvalue weighted by atomic mass is 10.3. The molecule has 0 saturated heterocycles. The Balaban J connectivity index is 1.99. The number of urea groups is 1. The zero-order valence-corrected chi connectivity index (χ0v) is 12.8. The van der Waals surface area contributed by atoms with Crippen molar-refractivity contribution in [3.63, 3.8) is 0 Å². The van der Waals surface area contributed by atoms with Crippen LogP contribution in [0.3, 0.4) is 0 Å². The standard InChI is InChI=1S/C15H14Cl2N2O2/c1-2-21-11-8-6-10(7-9-11)18-15(20)19-13-5-3-4-12(16)14(13)17/h3-9H,2H2,1H3,(H2,18,19,20). The molecule has 2 amide bonds. The van der Waals surface area contributed by atoms with Crippen molar-refractivity contribution in [3.8, 4) is 5.75 Å². The van der Waals surface area contributed by atoms with E-state index in [9.17, 15) is 4.79 Å². The Morgan fingerprint density at radius 3 is 2.48 bits per heavy atom. The highest BCUT2D eigenvalue weighted by Crippen LogP contribution is 2.29. The van der Waals surface area contributed by atoms with Crippen LogP contribution < -0.4 is 15.4 Å². The van der Waals surface area contributed by atoms with Gasteiger partial charge in [-0.1, -0.05) is 29.3 Å². The molecule has 0 atom stereocenters. The summed E-state index contributed by atoms with van der Waals surface area (Å²) in [4.78, 5) is 11.9. The monoisotopic (exact) mass is 324 g/mol. The van der Waals surface area contributed by atoms with Gasteiger partial charge in [-0.2, -0.15) is 0 Å². The summed E-state index contributed by atoms with van der Waals surface area (Å²) in [6.07, 6.45) is 0. The van der Waals surface area contributed by atoms with E-state index >= 15 is 0 Å². The average molecular weight is 325 g/mol. The smallest absolute Gasteiger partial charge is 0.323 e. The second kappa shape index (κ2) is 7.20. The van der Waals surface area contributed by atoms with Crippen LogP contribution in [0.5, 0.6) is 5.75 Å². The highest BCUT2D eigenvalue weighted by Gasteiger charge is 2.08. The lowest BCUT2D eigenvalue weighted by molar-refractivity contribution is 0.262. The van der Waals surface area contributed by atoms with Gasteiger partial charge in [0.2, 0.25) is 0 Å². The van der Waals surface area contributed by atoms with Crippen LogP contribution in [0.1, 0.15) is 6.92 Å². The molecule has 2 aromatic rings. The van der Waals surface area contributed by atoms with E-state index < -0.39 is 6.03 Å². The number of nitrogens with one attached hydrogen (secondary N) is 2. The minimum atomic E-state index is -0.400. The zero-order chi connectivity index (χ0) is 15.2. The molecule has 0 spiro atoms. The molecule has 0 radical (unpaired) electrons. The molecule has 2 rings (SSSR count). The van der Waals surface area contributed by atoms with E-state index in [2.05, 4.69) is 10.6 Å². The van der Waals surface area contributed by atoms with Gasteiger partial charge in [0.1, 0.15) is 5.75 Å². The fraction of sp³-hybridized carbons (Fsp3) is 0.133. The minimum Gasteiger partial charge on any atom is -0.494 e. The molecule has 0 heterocycles. The van der Waals surface area contributed by atoms with Crippen molar-refractivity contribution >= 4 is 40.6 Å². The second-order valence-corrected chi connectivity index (χ2v) is 4.92. The molecule has 2 N–H and O–H groups in total. The Kier molecular flexibility index (Phi) is 5.31. The molecular formula is C15H14Cl2N2O2. The fourth-order valence-corrected chi connectivity index (χ4v) is 2.03. The van der Waals surface area contributed by atoms with Gasteiger partial charge in [-0.05, 0) is 43.3 Å². The summed E-state index contributed by atoms with van der Waals surface area (Å²) in [6.45, 7) is 2.51. The van der Waals surface area contributed by atoms with Crippen molar-refractivity contribution in [2.24, 2.45) is 0 Å². The largest absolute Gasteiger partial charge is 0.494 e. The number of hydrogen-bond donors (Lipinski definition) is 2. The van der Waals surface area contributed by atoms with Gasteiger partial charge in [0, 0.05) is 5.69 Å². The van der Waals surface area contributed by atoms with Crippen molar-refractivity contribution in [3.05, 3.63) is 52.5 Å². The quantitative estimate of drug-likeness (QED) is 0.828. The molecule has 6 heteroatoms. The summed E-state index contributed by atoms with van der Waals surface area (Å²) in [7, 11) is 0. The number of hydrogen-bond acceptors (Lipinski definition) is 2.